The lowest BCUT2D eigenvalue weighted by atomic mass is 10.1. The molecule has 1 N–H and O–H groups in total. The number of aliphatic carboxylic acids is 1. The van der Waals surface area contributed by atoms with Gasteiger partial charge in [0, 0.05) is 25.2 Å². The Labute approximate surface area is 174 Å². The van der Waals surface area contributed by atoms with E-state index in [1.165, 1.54) is 6.07 Å². The van der Waals surface area contributed by atoms with Gasteiger partial charge >= 0.3 is 5.97 Å². The molecule has 1 atom stereocenters. The first-order valence-corrected chi connectivity index (χ1v) is 9.12. The summed E-state index contributed by atoms with van der Waals surface area (Å²) in [6.45, 7) is 2.51. The van der Waals surface area contributed by atoms with Gasteiger partial charge in [-0.25, -0.2) is 4.39 Å². The Kier molecular flexibility index (Phi) is 8.51. The van der Waals surface area contributed by atoms with Crippen molar-refractivity contribution in [1.82, 2.24) is 4.90 Å². The van der Waals surface area contributed by atoms with E-state index >= 15 is 0 Å². The Balaban J connectivity index is 0.00000280. The smallest absolute Gasteiger partial charge is 0.304 e. The zero-order valence-electron chi connectivity index (χ0n) is 15.1. The molecule has 152 valence electrons. The predicted octanol–water partition coefficient (Wildman–Crippen LogP) is 4.33. The van der Waals surface area contributed by atoms with Crippen molar-refractivity contribution in [2.24, 2.45) is 0 Å². The van der Waals surface area contributed by atoms with Crippen LogP contribution in [0.2, 0.25) is 5.02 Å². The van der Waals surface area contributed by atoms with Gasteiger partial charge in [0.15, 0.2) is 0 Å². The SMILES string of the molecule is Cl.O=C(O)CCN1CCOC(c2ccc(OCc3c(F)cccc3Cl)cc2)C1. The first kappa shape index (κ1) is 22.4. The van der Waals surface area contributed by atoms with Gasteiger partial charge < -0.3 is 14.6 Å². The summed E-state index contributed by atoms with van der Waals surface area (Å²) in [6, 6.07) is 12.0. The fourth-order valence-electron chi connectivity index (χ4n) is 2.97. The van der Waals surface area contributed by atoms with Gasteiger partial charge in [0.1, 0.15) is 18.2 Å². The molecule has 0 spiro atoms. The van der Waals surface area contributed by atoms with Gasteiger partial charge in [0.05, 0.1) is 24.2 Å². The minimum absolute atomic E-state index is 0. The Morgan fingerprint density at radius 3 is 2.71 bits per heavy atom. The lowest BCUT2D eigenvalue weighted by Crippen LogP contribution is -2.39. The number of halogens is 3. The van der Waals surface area contributed by atoms with Crippen molar-refractivity contribution in [1.29, 1.82) is 0 Å². The molecule has 0 bridgehead atoms. The van der Waals surface area contributed by atoms with E-state index in [1.807, 2.05) is 24.3 Å². The van der Waals surface area contributed by atoms with Crippen LogP contribution in [0, 0.1) is 5.82 Å². The number of carboxylic acids is 1. The van der Waals surface area contributed by atoms with Crippen molar-refractivity contribution < 1.29 is 23.8 Å². The van der Waals surface area contributed by atoms with Crippen molar-refractivity contribution in [2.75, 3.05) is 26.2 Å². The molecule has 1 fully saturated rings. The third kappa shape index (κ3) is 6.07. The van der Waals surface area contributed by atoms with Gasteiger partial charge in [0.25, 0.3) is 0 Å². The van der Waals surface area contributed by atoms with E-state index in [1.54, 1.807) is 12.1 Å². The van der Waals surface area contributed by atoms with E-state index in [0.717, 1.165) is 12.1 Å². The lowest BCUT2D eigenvalue weighted by molar-refractivity contribution is -0.137. The third-order valence-electron chi connectivity index (χ3n) is 4.49. The van der Waals surface area contributed by atoms with Crippen LogP contribution in [0.4, 0.5) is 4.39 Å². The van der Waals surface area contributed by atoms with Crippen LogP contribution >= 0.6 is 24.0 Å². The summed E-state index contributed by atoms with van der Waals surface area (Å²) in [6.07, 6.45) is 0.0144. The Morgan fingerprint density at radius 2 is 2.04 bits per heavy atom. The van der Waals surface area contributed by atoms with E-state index < -0.39 is 11.8 Å². The molecule has 1 saturated heterocycles. The average molecular weight is 430 g/mol. The van der Waals surface area contributed by atoms with Crippen molar-refractivity contribution in [3.05, 3.63) is 64.4 Å². The van der Waals surface area contributed by atoms with E-state index in [4.69, 9.17) is 26.2 Å². The number of ether oxygens (including phenoxy) is 2. The lowest BCUT2D eigenvalue weighted by Gasteiger charge is -2.32. The van der Waals surface area contributed by atoms with Gasteiger partial charge in [-0.1, -0.05) is 29.8 Å². The summed E-state index contributed by atoms with van der Waals surface area (Å²) in [7, 11) is 0. The highest BCUT2D eigenvalue weighted by molar-refractivity contribution is 6.31. The Morgan fingerprint density at radius 1 is 1.29 bits per heavy atom. The summed E-state index contributed by atoms with van der Waals surface area (Å²) < 4.78 is 25.2. The van der Waals surface area contributed by atoms with Gasteiger partial charge in [-0.15, -0.1) is 12.4 Å². The molecule has 0 amide bonds. The number of morpholine rings is 1. The molecule has 0 aromatic heterocycles. The molecule has 1 unspecified atom stereocenters. The molecule has 2 aromatic rings. The van der Waals surface area contributed by atoms with E-state index in [0.29, 0.717) is 36.0 Å². The Bertz CT molecular complexity index is 768. The first-order chi connectivity index (χ1) is 13.0. The van der Waals surface area contributed by atoms with Crippen LogP contribution in [-0.4, -0.2) is 42.2 Å². The molecule has 3 rings (SSSR count). The summed E-state index contributed by atoms with van der Waals surface area (Å²) in [5, 5.41) is 9.16. The number of hydrogen-bond donors (Lipinski definition) is 1. The summed E-state index contributed by atoms with van der Waals surface area (Å²) in [5.41, 5.74) is 1.32. The second kappa shape index (κ2) is 10.6. The molecule has 2 aromatic carbocycles. The fourth-order valence-corrected chi connectivity index (χ4v) is 3.18. The van der Waals surface area contributed by atoms with Gasteiger partial charge in [-0.05, 0) is 29.8 Å². The van der Waals surface area contributed by atoms with Crippen LogP contribution in [0.1, 0.15) is 23.7 Å². The van der Waals surface area contributed by atoms with Gasteiger partial charge in [-0.3, -0.25) is 9.69 Å². The zero-order chi connectivity index (χ0) is 19.2. The highest BCUT2D eigenvalue weighted by Crippen LogP contribution is 2.26. The van der Waals surface area contributed by atoms with E-state index in [9.17, 15) is 9.18 Å². The maximum absolute atomic E-state index is 13.8. The van der Waals surface area contributed by atoms with Crippen molar-refractivity contribution in [2.45, 2.75) is 19.1 Å². The number of nitrogens with zero attached hydrogens (tertiary/aromatic N) is 1. The average Bonchev–Trinajstić information content (AvgIpc) is 2.67. The van der Waals surface area contributed by atoms with Crippen LogP contribution in [0.15, 0.2) is 42.5 Å². The molecule has 0 saturated carbocycles. The maximum atomic E-state index is 13.8. The molecule has 1 aliphatic rings. The summed E-state index contributed by atoms with van der Waals surface area (Å²) >= 11 is 6.00. The highest BCUT2D eigenvalue weighted by atomic mass is 35.5. The molecule has 1 aliphatic heterocycles. The minimum atomic E-state index is -0.797. The second-order valence-corrected chi connectivity index (χ2v) is 6.77. The van der Waals surface area contributed by atoms with Gasteiger partial charge in [0.2, 0.25) is 0 Å². The van der Waals surface area contributed by atoms with Crippen LogP contribution < -0.4 is 4.74 Å². The fraction of sp³-hybridized carbons (Fsp3) is 0.350. The van der Waals surface area contributed by atoms with Crippen molar-refractivity contribution in [3.63, 3.8) is 0 Å². The monoisotopic (exact) mass is 429 g/mol. The van der Waals surface area contributed by atoms with Gasteiger partial charge in [-0.2, -0.15) is 0 Å². The largest absolute Gasteiger partial charge is 0.489 e. The molecule has 5 nitrogen and oxygen atoms in total. The number of carboxylic acid groups (broad SMARTS) is 1. The summed E-state index contributed by atoms with van der Waals surface area (Å²) in [4.78, 5) is 12.8. The van der Waals surface area contributed by atoms with Crippen LogP contribution in [0.3, 0.4) is 0 Å². The topological polar surface area (TPSA) is 59.0 Å². The van der Waals surface area contributed by atoms with Crippen LogP contribution in [-0.2, 0) is 16.1 Å². The van der Waals surface area contributed by atoms with Crippen LogP contribution in [0.25, 0.3) is 0 Å². The van der Waals surface area contributed by atoms with E-state index in [2.05, 4.69) is 4.90 Å². The molecule has 8 heteroatoms. The number of carbonyl (C=O) groups is 1. The zero-order valence-corrected chi connectivity index (χ0v) is 16.7. The molecular weight excluding hydrogens is 408 g/mol. The Hall–Kier alpha value is -1.86. The van der Waals surface area contributed by atoms with E-state index in [-0.39, 0.29) is 31.5 Å². The molecule has 1 heterocycles. The standard InChI is InChI=1S/C20H21ClFNO4.ClH/c21-17-2-1-3-18(22)16(17)13-27-15-6-4-14(5-7-15)19-12-23(10-11-26-19)9-8-20(24)25;/h1-7,19H,8-13H2,(H,24,25);1H. The van der Waals surface area contributed by atoms with Crippen molar-refractivity contribution >= 4 is 30.0 Å². The number of hydrogen-bond acceptors (Lipinski definition) is 4. The predicted molar refractivity (Wildman–Crippen MR) is 107 cm³/mol. The van der Waals surface area contributed by atoms with Crippen molar-refractivity contribution in [3.8, 4) is 5.75 Å². The normalized spacial score (nSPS) is 17.0. The molecule has 28 heavy (non-hydrogen) atoms. The second-order valence-electron chi connectivity index (χ2n) is 6.36. The number of benzene rings is 2. The molecule has 0 aliphatic carbocycles. The summed E-state index contributed by atoms with van der Waals surface area (Å²) in [5.74, 6) is -0.581. The minimum Gasteiger partial charge on any atom is -0.489 e. The molecular formula is C20H22Cl2FNO4. The molecule has 0 radical (unpaired) electrons. The third-order valence-corrected chi connectivity index (χ3v) is 4.84. The first-order valence-electron chi connectivity index (χ1n) is 8.74. The number of rotatable bonds is 7. The van der Waals surface area contributed by atoms with Crippen LogP contribution in [0.5, 0.6) is 5.75 Å². The highest BCUT2D eigenvalue weighted by Gasteiger charge is 2.22. The maximum Gasteiger partial charge on any atom is 0.304 e. The quantitative estimate of drug-likeness (QED) is 0.709.